The smallest absolute Gasteiger partial charge is 0.130 e. The van der Waals surface area contributed by atoms with Crippen LogP contribution in [0.25, 0.3) is 10.9 Å². The second-order valence-electron chi connectivity index (χ2n) is 5.34. The van der Waals surface area contributed by atoms with Gasteiger partial charge in [0.15, 0.2) is 0 Å². The van der Waals surface area contributed by atoms with Gasteiger partial charge in [-0.05, 0) is 30.2 Å². The van der Waals surface area contributed by atoms with Gasteiger partial charge in [0.2, 0.25) is 0 Å². The number of H-pyrrole nitrogens is 1. The maximum absolute atomic E-state index is 9.40. The lowest BCUT2D eigenvalue weighted by molar-refractivity contribution is 0.633. The average molecular weight is 290 g/mol. The number of nitrogens with zero attached hydrogens (tertiary/aromatic N) is 1. The zero-order valence-corrected chi connectivity index (χ0v) is 12.2. The van der Waals surface area contributed by atoms with Gasteiger partial charge in [0.25, 0.3) is 0 Å². The summed E-state index contributed by atoms with van der Waals surface area (Å²) in [6, 6.07) is 19.3. The number of para-hydroxylation sites is 2. The van der Waals surface area contributed by atoms with E-state index in [1.165, 1.54) is 0 Å². The third kappa shape index (κ3) is 2.95. The number of benzene rings is 2. The highest BCUT2D eigenvalue weighted by molar-refractivity contribution is 5.83. The molecule has 2 unspecified atom stereocenters. The molecule has 110 valence electrons. The van der Waals surface area contributed by atoms with E-state index in [1.54, 1.807) is 0 Å². The van der Waals surface area contributed by atoms with E-state index in [0.717, 1.165) is 22.2 Å². The van der Waals surface area contributed by atoms with Gasteiger partial charge >= 0.3 is 0 Å². The number of aromatic amines is 1. The zero-order valence-electron chi connectivity index (χ0n) is 12.2. The number of hydrogen-bond acceptors (Lipinski definition) is 3. The molecule has 0 saturated carbocycles. The summed E-state index contributed by atoms with van der Waals surface area (Å²) in [5.41, 5.74) is 9.39. The van der Waals surface area contributed by atoms with Crippen molar-refractivity contribution in [1.82, 2.24) is 4.98 Å². The summed E-state index contributed by atoms with van der Waals surface area (Å²) in [7, 11) is 0. The minimum absolute atomic E-state index is 0.288. The first kappa shape index (κ1) is 14.2. The van der Waals surface area contributed by atoms with Crippen LogP contribution >= 0.6 is 0 Å². The number of rotatable bonds is 5. The average Bonchev–Trinajstić information content (AvgIpc) is 2.97. The van der Waals surface area contributed by atoms with Crippen molar-refractivity contribution in [3.8, 4) is 6.07 Å². The molecule has 1 aromatic heterocycles. The predicted octanol–water partition coefficient (Wildman–Crippen LogP) is 3.04. The van der Waals surface area contributed by atoms with Gasteiger partial charge in [-0.1, -0.05) is 36.4 Å². The van der Waals surface area contributed by atoms with Crippen molar-refractivity contribution in [2.75, 3.05) is 5.32 Å². The molecule has 0 spiro atoms. The van der Waals surface area contributed by atoms with Crippen LogP contribution in [0.3, 0.4) is 0 Å². The second kappa shape index (κ2) is 6.33. The minimum atomic E-state index is -0.434. The Balaban J connectivity index is 1.75. The Morgan fingerprint density at radius 2 is 1.82 bits per heavy atom. The van der Waals surface area contributed by atoms with Crippen molar-refractivity contribution in [1.29, 1.82) is 5.26 Å². The Kier molecular flexibility index (Phi) is 4.08. The summed E-state index contributed by atoms with van der Waals surface area (Å²) < 4.78 is 0. The fraction of sp³-hybridized carbons (Fsp3) is 0.167. The van der Waals surface area contributed by atoms with Crippen LogP contribution in [-0.2, 0) is 6.42 Å². The minimum Gasteiger partial charge on any atom is -0.369 e. The molecule has 4 N–H and O–H groups in total. The number of nitriles is 1. The van der Waals surface area contributed by atoms with Crippen molar-refractivity contribution in [3.63, 3.8) is 0 Å². The molecule has 0 aliphatic heterocycles. The summed E-state index contributed by atoms with van der Waals surface area (Å²) >= 11 is 0. The monoisotopic (exact) mass is 290 g/mol. The highest BCUT2D eigenvalue weighted by Gasteiger charge is 2.19. The normalized spacial score (nSPS) is 13.5. The van der Waals surface area contributed by atoms with Crippen LogP contribution in [0.5, 0.6) is 0 Å². The van der Waals surface area contributed by atoms with Crippen molar-refractivity contribution in [2.45, 2.75) is 18.5 Å². The van der Waals surface area contributed by atoms with Crippen LogP contribution in [-0.4, -0.2) is 17.1 Å². The first-order valence-electron chi connectivity index (χ1n) is 7.29. The van der Waals surface area contributed by atoms with Gasteiger partial charge in [-0.25, -0.2) is 0 Å². The van der Waals surface area contributed by atoms with Crippen molar-refractivity contribution >= 4 is 16.6 Å². The van der Waals surface area contributed by atoms with E-state index in [1.807, 2.05) is 54.7 Å². The molecule has 3 aromatic rings. The van der Waals surface area contributed by atoms with Crippen LogP contribution in [0.15, 0.2) is 60.8 Å². The van der Waals surface area contributed by atoms with Gasteiger partial charge in [-0.2, -0.15) is 5.26 Å². The quantitative estimate of drug-likeness (QED) is 0.676. The van der Waals surface area contributed by atoms with Gasteiger partial charge < -0.3 is 16.0 Å². The number of fused-ring (bicyclic) bond motifs is 1. The fourth-order valence-electron chi connectivity index (χ4n) is 2.62. The van der Waals surface area contributed by atoms with E-state index in [9.17, 15) is 5.26 Å². The Hall–Kier alpha value is -2.77. The van der Waals surface area contributed by atoms with Crippen LogP contribution in [0.2, 0.25) is 0 Å². The molecule has 2 aromatic carbocycles. The van der Waals surface area contributed by atoms with Gasteiger partial charge in [0.05, 0.1) is 6.07 Å². The Labute approximate surface area is 129 Å². The molecule has 0 saturated heterocycles. The molecule has 4 heteroatoms. The van der Waals surface area contributed by atoms with E-state index in [2.05, 4.69) is 22.4 Å². The highest BCUT2D eigenvalue weighted by Crippen LogP contribution is 2.20. The molecule has 0 aliphatic carbocycles. The van der Waals surface area contributed by atoms with E-state index < -0.39 is 6.04 Å². The number of nitrogens with one attached hydrogen (secondary N) is 2. The van der Waals surface area contributed by atoms with Gasteiger partial charge in [-0.15, -0.1) is 0 Å². The molecule has 0 fully saturated rings. The number of nitrogens with two attached hydrogens (primary N) is 1. The fourth-order valence-corrected chi connectivity index (χ4v) is 2.62. The lowest BCUT2D eigenvalue weighted by atomic mass is 10.00. The topological polar surface area (TPSA) is 77.6 Å². The van der Waals surface area contributed by atoms with E-state index in [-0.39, 0.29) is 6.04 Å². The Bertz CT molecular complexity index is 785. The second-order valence-corrected chi connectivity index (χ2v) is 5.34. The Morgan fingerprint density at radius 3 is 2.59 bits per heavy atom. The van der Waals surface area contributed by atoms with Crippen LogP contribution < -0.4 is 11.1 Å². The van der Waals surface area contributed by atoms with Gasteiger partial charge in [-0.3, -0.25) is 0 Å². The zero-order chi connectivity index (χ0) is 15.4. The number of anilines is 1. The van der Waals surface area contributed by atoms with E-state index in [4.69, 9.17) is 5.73 Å². The molecule has 22 heavy (non-hydrogen) atoms. The standard InChI is InChI=1S/C18H18N4/c19-11-18(22-14-6-2-1-3-7-14)16(20)10-13-12-21-17-9-5-4-8-15(13)17/h1-9,12,16,18,21-22H,10,20H2. The van der Waals surface area contributed by atoms with Crippen LogP contribution in [0.1, 0.15) is 5.56 Å². The molecule has 2 atom stereocenters. The number of hydrogen-bond donors (Lipinski definition) is 3. The number of aromatic nitrogens is 1. The largest absolute Gasteiger partial charge is 0.369 e. The maximum Gasteiger partial charge on any atom is 0.130 e. The summed E-state index contributed by atoms with van der Waals surface area (Å²) in [6.07, 6.45) is 2.61. The predicted molar refractivity (Wildman–Crippen MR) is 89.4 cm³/mol. The Morgan fingerprint density at radius 1 is 1.09 bits per heavy atom. The SMILES string of the molecule is N#CC(Nc1ccccc1)C(N)Cc1c[nH]c2ccccc12. The molecule has 1 heterocycles. The van der Waals surface area contributed by atoms with Crippen molar-refractivity contribution < 1.29 is 0 Å². The first-order chi connectivity index (χ1) is 10.8. The summed E-state index contributed by atoms with van der Waals surface area (Å²) in [5, 5.41) is 13.8. The van der Waals surface area contributed by atoms with E-state index >= 15 is 0 Å². The van der Waals surface area contributed by atoms with E-state index in [0.29, 0.717) is 6.42 Å². The molecular formula is C18H18N4. The summed E-state index contributed by atoms with van der Waals surface area (Å²) in [6.45, 7) is 0. The van der Waals surface area contributed by atoms with Crippen LogP contribution in [0.4, 0.5) is 5.69 Å². The molecule has 0 amide bonds. The molecular weight excluding hydrogens is 272 g/mol. The first-order valence-corrected chi connectivity index (χ1v) is 7.29. The summed E-state index contributed by atoms with van der Waals surface area (Å²) in [4.78, 5) is 3.24. The van der Waals surface area contributed by atoms with Gasteiger partial charge in [0, 0.05) is 28.8 Å². The molecule has 0 radical (unpaired) electrons. The lowest BCUT2D eigenvalue weighted by Gasteiger charge is -2.19. The summed E-state index contributed by atoms with van der Waals surface area (Å²) in [5.74, 6) is 0. The van der Waals surface area contributed by atoms with Crippen molar-refractivity contribution in [2.24, 2.45) is 5.73 Å². The molecule has 0 aliphatic rings. The van der Waals surface area contributed by atoms with Crippen molar-refractivity contribution in [3.05, 3.63) is 66.4 Å². The highest BCUT2D eigenvalue weighted by atomic mass is 15.0. The molecule has 0 bridgehead atoms. The molecule has 4 nitrogen and oxygen atoms in total. The third-order valence-corrected chi connectivity index (χ3v) is 3.79. The van der Waals surface area contributed by atoms with Crippen LogP contribution in [0, 0.1) is 11.3 Å². The third-order valence-electron chi connectivity index (χ3n) is 3.79. The maximum atomic E-state index is 9.40. The lowest BCUT2D eigenvalue weighted by Crippen LogP contribution is -2.40. The molecule has 3 rings (SSSR count). The van der Waals surface area contributed by atoms with Gasteiger partial charge in [0.1, 0.15) is 6.04 Å².